The molecule has 0 saturated heterocycles. The lowest BCUT2D eigenvalue weighted by molar-refractivity contribution is -0.131. The molecular weight excluding hydrogens is 230 g/mol. The summed E-state index contributed by atoms with van der Waals surface area (Å²) in [6.07, 6.45) is 3.40. The fourth-order valence-corrected chi connectivity index (χ4v) is 1.68. The summed E-state index contributed by atoms with van der Waals surface area (Å²) < 4.78 is 0. The second-order valence-electron chi connectivity index (χ2n) is 4.22. The Labute approximate surface area is 106 Å². The van der Waals surface area contributed by atoms with E-state index >= 15 is 0 Å². The van der Waals surface area contributed by atoms with Gasteiger partial charge in [-0.05, 0) is 30.5 Å². The lowest BCUT2D eigenvalue weighted by Crippen LogP contribution is -2.31. The van der Waals surface area contributed by atoms with E-state index in [0.717, 1.165) is 23.6 Å². The van der Waals surface area contributed by atoms with Crippen molar-refractivity contribution in [3.63, 3.8) is 0 Å². The molecule has 0 aromatic heterocycles. The van der Waals surface area contributed by atoms with E-state index in [-0.39, 0.29) is 11.9 Å². The lowest BCUT2D eigenvalue weighted by Gasteiger charge is -2.12. The third-order valence-electron chi connectivity index (χ3n) is 2.39. The Balaban J connectivity index is 2.60. The third-order valence-corrected chi connectivity index (χ3v) is 2.39. The van der Waals surface area contributed by atoms with Crippen LogP contribution in [-0.4, -0.2) is 23.0 Å². The van der Waals surface area contributed by atoms with E-state index < -0.39 is 5.97 Å². The van der Waals surface area contributed by atoms with Crippen LogP contribution in [0.15, 0.2) is 30.3 Å². The van der Waals surface area contributed by atoms with Crippen molar-refractivity contribution in [1.82, 2.24) is 5.32 Å². The van der Waals surface area contributed by atoms with Gasteiger partial charge in [0.15, 0.2) is 0 Å². The van der Waals surface area contributed by atoms with E-state index in [2.05, 4.69) is 5.32 Å². The molecule has 1 amide bonds. The summed E-state index contributed by atoms with van der Waals surface area (Å²) in [6.45, 7) is 3.44. The van der Waals surface area contributed by atoms with E-state index in [4.69, 9.17) is 5.11 Å². The molecule has 4 nitrogen and oxygen atoms in total. The highest BCUT2D eigenvalue weighted by Crippen LogP contribution is 2.08. The van der Waals surface area contributed by atoms with Crippen LogP contribution in [0.4, 0.5) is 0 Å². The van der Waals surface area contributed by atoms with Crippen molar-refractivity contribution < 1.29 is 14.7 Å². The summed E-state index contributed by atoms with van der Waals surface area (Å²) in [4.78, 5) is 21.2. The van der Waals surface area contributed by atoms with Crippen LogP contribution in [0.25, 0.3) is 6.08 Å². The molecule has 0 saturated carbocycles. The molecule has 0 spiro atoms. The number of carbonyl (C=O) groups excluding carboxylic acids is 1. The molecule has 96 valence electrons. The Bertz CT molecular complexity index is 449. The first-order chi connectivity index (χ1) is 8.47. The Morgan fingerprint density at radius 3 is 2.44 bits per heavy atom. The van der Waals surface area contributed by atoms with E-state index in [9.17, 15) is 9.59 Å². The van der Waals surface area contributed by atoms with Gasteiger partial charge in [-0.2, -0.15) is 0 Å². The van der Waals surface area contributed by atoms with E-state index in [1.807, 2.05) is 31.2 Å². The smallest absolute Gasteiger partial charge is 0.328 e. The van der Waals surface area contributed by atoms with E-state index in [1.54, 1.807) is 6.08 Å². The highest BCUT2D eigenvalue weighted by atomic mass is 16.4. The Morgan fingerprint density at radius 1 is 1.33 bits per heavy atom. The topological polar surface area (TPSA) is 66.4 Å². The summed E-state index contributed by atoms with van der Waals surface area (Å²) >= 11 is 0. The summed E-state index contributed by atoms with van der Waals surface area (Å²) in [5, 5.41) is 11.3. The van der Waals surface area contributed by atoms with Gasteiger partial charge in [-0.15, -0.1) is 0 Å². The number of benzene rings is 1. The van der Waals surface area contributed by atoms with Crippen LogP contribution in [-0.2, 0) is 16.0 Å². The highest BCUT2D eigenvalue weighted by Gasteiger charge is 2.04. The first-order valence-corrected chi connectivity index (χ1v) is 5.74. The molecule has 1 atom stereocenters. The van der Waals surface area contributed by atoms with Crippen molar-refractivity contribution in [2.75, 3.05) is 0 Å². The fraction of sp³-hybridized carbons (Fsp3) is 0.286. The summed E-state index contributed by atoms with van der Waals surface area (Å²) in [6, 6.07) is 7.66. The van der Waals surface area contributed by atoms with Gasteiger partial charge in [0.05, 0.1) is 0 Å². The zero-order valence-corrected chi connectivity index (χ0v) is 10.5. The maximum Gasteiger partial charge on any atom is 0.328 e. The second-order valence-corrected chi connectivity index (χ2v) is 4.22. The number of hydrogen-bond acceptors (Lipinski definition) is 2. The zero-order valence-electron chi connectivity index (χ0n) is 10.5. The van der Waals surface area contributed by atoms with Crippen LogP contribution >= 0.6 is 0 Å². The van der Waals surface area contributed by atoms with Crippen molar-refractivity contribution in [1.29, 1.82) is 0 Å². The quantitative estimate of drug-likeness (QED) is 0.780. The van der Waals surface area contributed by atoms with Crippen LogP contribution in [0, 0.1) is 0 Å². The number of aliphatic carboxylic acids is 1. The van der Waals surface area contributed by atoms with Crippen molar-refractivity contribution in [3.05, 3.63) is 41.5 Å². The van der Waals surface area contributed by atoms with Crippen LogP contribution < -0.4 is 5.32 Å². The number of rotatable bonds is 5. The maximum absolute atomic E-state index is 10.9. The fourth-order valence-electron chi connectivity index (χ4n) is 1.68. The Morgan fingerprint density at radius 2 is 1.94 bits per heavy atom. The minimum Gasteiger partial charge on any atom is -0.478 e. The van der Waals surface area contributed by atoms with Crippen molar-refractivity contribution in [2.24, 2.45) is 0 Å². The van der Waals surface area contributed by atoms with Crippen molar-refractivity contribution >= 4 is 18.0 Å². The summed E-state index contributed by atoms with van der Waals surface area (Å²) in [7, 11) is 0. The monoisotopic (exact) mass is 247 g/mol. The molecular formula is C14H17NO3. The SMILES string of the molecule is CC(=O)NC(C)Cc1ccc(/C=C/C(=O)O)cc1. The molecule has 1 unspecified atom stereocenters. The average Bonchev–Trinajstić information content (AvgIpc) is 2.26. The number of hydrogen-bond donors (Lipinski definition) is 2. The second kappa shape index (κ2) is 6.59. The van der Waals surface area contributed by atoms with Gasteiger partial charge in [0.25, 0.3) is 0 Å². The molecule has 18 heavy (non-hydrogen) atoms. The van der Waals surface area contributed by atoms with Gasteiger partial charge in [0.1, 0.15) is 0 Å². The van der Waals surface area contributed by atoms with Gasteiger partial charge in [-0.1, -0.05) is 24.3 Å². The molecule has 0 aliphatic heterocycles. The maximum atomic E-state index is 10.9. The van der Waals surface area contributed by atoms with Gasteiger partial charge in [-0.25, -0.2) is 4.79 Å². The molecule has 0 aliphatic rings. The van der Waals surface area contributed by atoms with Gasteiger partial charge in [0, 0.05) is 19.0 Å². The average molecular weight is 247 g/mol. The summed E-state index contributed by atoms with van der Waals surface area (Å²) in [5.41, 5.74) is 1.94. The number of carbonyl (C=O) groups is 2. The predicted molar refractivity (Wildman–Crippen MR) is 70.1 cm³/mol. The van der Waals surface area contributed by atoms with Crippen LogP contribution in [0.5, 0.6) is 0 Å². The largest absolute Gasteiger partial charge is 0.478 e. The van der Waals surface area contributed by atoms with Crippen LogP contribution in [0.1, 0.15) is 25.0 Å². The number of amides is 1. The van der Waals surface area contributed by atoms with Gasteiger partial charge in [0.2, 0.25) is 5.91 Å². The Hall–Kier alpha value is -2.10. The molecule has 4 heteroatoms. The number of carboxylic acids is 1. The molecule has 0 heterocycles. The number of nitrogens with one attached hydrogen (secondary N) is 1. The Kier molecular flexibility index (Phi) is 5.11. The normalized spacial score (nSPS) is 12.3. The minimum absolute atomic E-state index is 0.0384. The molecule has 0 fully saturated rings. The molecule has 0 bridgehead atoms. The first kappa shape index (κ1) is 14.0. The van der Waals surface area contributed by atoms with Crippen molar-refractivity contribution in [3.8, 4) is 0 Å². The third kappa shape index (κ3) is 5.30. The number of carboxylic acid groups (broad SMARTS) is 1. The van der Waals surface area contributed by atoms with E-state index in [0.29, 0.717) is 0 Å². The van der Waals surface area contributed by atoms with Gasteiger partial charge in [-0.3, -0.25) is 4.79 Å². The van der Waals surface area contributed by atoms with Gasteiger partial charge < -0.3 is 10.4 Å². The standard InChI is InChI=1S/C14H17NO3/c1-10(15-11(2)16)9-13-5-3-12(4-6-13)7-8-14(17)18/h3-8,10H,9H2,1-2H3,(H,15,16)(H,17,18)/b8-7+. The lowest BCUT2D eigenvalue weighted by atomic mass is 10.0. The molecule has 1 aromatic rings. The molecule has 0 aliphatic carbocycles. The first-order valence-electron chi connectivity index (χ1n) is 5.74. The zero-order chi connectivity index (χ0) is 13.5. The molecule has 1 rings (SSSR count). The predicted octanol–water partition coefficient (Wildman–Crippen LogP) is 1.85. The highest BCUT2D eigenvalue weighted by molar-refractivity contribution is 5.85. The van der Waals surface area contributed by atoms with Crippen LogP contribution in [0.3, 0.4) is 0 Å². The molecule has 0 radical (unpaired) electrons. The van der Waals surface area contributed by atoms with Gasteiger partial charge >= 0.3 is 5.97 Å². The minimum atomic E-state index is -0.960. The van der Waals surface area contributed by atoms with Crippen molar-refractivity contribution in [2.45, 2.75) is 26.3 Å². The molecule has 2 N–H and O–H groups in total. The summed E-state index contributed by atoms with van der Waals surface area (Å²) in [5.74, 6) is -0.998. The molecule has 1 aromatic carbocycles. The van der Waals surface area contributed by atoms with E-state index in [1.165, 1.54) is 6.92 Å². The van der Waals surface area contributed by atoms with Crippen LogP contribution in [0.2, 0.25) is 0 Å².